The second-order valence-electron chi connectivity index (χ2n) is 4.70. The van der Waals surface area contributed by atoms with Crippen molar-refractivity contribution >= 4 is 11.8 Å². The molecule has 0 aliphatic heterocycles. The number of carbonyl (C=O) groups excluding carboxylic acids is 2. The lowest BCUT2D eigenvalue weighted by atomic mass is 9.92. The molecule has 0 aliphatic carbocycles. The van der Waals surface area contributed by atoms with Gasteiger partial charge in [-0.3, -0.25) is 9.59 Å². The maximum absolute atomic E-state index is 11.8. The molecule has 0 fully saturated rings. The molecule has 5 nitrogen and oxygen atoms in total. The van der Waals surface area contributed by atoms with Gasteiger partial charge in [0.25, 0.3) is 5.91 Å². The summed E-state index contributed by atoms with van der Waals surface area (Å²) < 4.78 is 0. The van der Waals surface area contributed by atoms with Crippen molar-refractivity contribution in [3.05, 3.63) is 29.8 Å². The molecule has 3 N–H and O–H groups in total. The molecule has 0 bridgehead atoms. The summed E-state index contributed by atoms with van der Waals surface area (Å²) in [5.41, 5.74) is -0.316. The molecular formula is C13H18N2O3. The molecule has 0 unspecified atom stereocenters. The molecule has 0 aliphatic rings. The van der Waals surface area contributed by atoms with Crippen LogP contribution in [0.3, 0.4) is 0 Å². The number of nitrogens with one attached hydrogen (secondary N) is 2. The highest BCUT2D eigenvalue weighted by Gasteiger charge is 2.27. The summed E-state index contributed by atoms with van der Waals surface area (Å²) in [5.74, 6) is -0.421. The molecule has 5 heteroatoms. The summed E-state index contributed by atoms with van der Waals surface area (Å²) in [7, 11) is 1.56. The van der Waals surface area contributed by atoms with Gasteiger partial charge in [-0.05, 0) is 32.0 Å². The number of benzene rings is 1. The number of aromatic hydroxyl groups is 1. The zero-order chi connectivity index (χ0) is 13.8. The Labute approximate surface area is 106 Å². The first kappa shape index (κ1) is 14.0. The van der Waals surface area contributed by atoms with Crippen LogP contribution in [0.4, 0.5) is 0 Å². The topological polar surface area (TPSA) is 78.4 Å². The van der Waals surface area contributed by atoms with Gasteiger partial charge in [-0.2, -0.15) is 0 Å². The van der Waals surface area contributed by atoms with Crippen LogP contribution in [0.5, 0.6) is 5.75 Å². The number of amides is 2. The van der Waals surface area contributed by atoms with Crippen molar-refractivity contribution in [2.45, 2.75) is 13.8 Å². The first-order valence-corrected chi connectivity index (χ1v) is 5.66. The lowest BCUT2D eigenvalue weighted by Gasteiger charge is -2.22. The van der Waals surface area contributed by atoms with E-state index in [4.69, 9.17) is 0 Å². The molecule has 1 aromatic rings. The van der Waals surface area contributed by atoms with Crippen molar-refractivity contribution in [2.75, 3.05) is 13.6 Å². The number of rotatable bonds is 4. The van der Waals surface area contributed by atoms with Crippen LogP contribution in [0.25, 0.3) is 0 Å². The van der Waals surface area contributed by atoms with Crippen LogP contribution in [0.2, 0.25) is 0 Å². The number of phenols is 1. The maximum atomic E-state index is 11.8. The van der Waals surface area contributed by atoms with Crippen LogP contribution in [-0.2, 0) is 4.79 Å². The van der Waals surface area contributed by atoms with Gasteiger partial charge in [0.15, 0.2) is 0 Å². The van der Waals surface area contributed by atoms with Gasteiger partial charge in [0.05, 0.1) is 5.41 Å². The number of hydrogen-bond donors (Lipinski definition) is 3. The van der Waals surface area contributed by atoms with E-state index in [9.17, 15) is 14.7 Å². The smallest absolute Gasteiger partial charge is 0.251 e. The van der Waals surface area contributed by atoms with E-state index in [1.165, 1.54) is 12.1 Å². The van der Waals surface area contributed by atoms with Crippen molar-refractivity contribution in [3.8, 4) is 5.75 Å². The lowest BCUT2D eigenvalue weighted by molar-refractivity contribution is -0.128. The third kappa shape index (κ3) is 3.48. The van der Waals surface area contributed by atoms with E-state index in [0.717, 1.165) is 0 Å². The van der Waals surface area contributed by atoms with Crippen molar-refractivity contribution in [1.29, 1.82) is 0 Å². The SMILES string of the molecule is CNC(=O)C(C)(C)CNC(=O)c1cccc(O)c1. The molecule has 0 aromatic heterocycles. The van der Waals surface area contributed by atoms with Gasteiger partial charge in [-0.1, -0.05) is 6.07 Å². The minimum atomic E-state index is -0.679. The summed E-state index contributed by atoms with van der Waals surface area (Å²) in [6.07, 6.45) is 0. The Kier molecular flexibility index (Phi) is 4.31. The Bertz CT molecular complexity index is 455. The minimum absolute atomic E-state index is 0.0354. The lowest BCUT2D eigenvalue weighted by Crippen LogP contribution is -2.43. The molecule has 0 heterocycles. The number of carbonyl (C=O) groups is 2. The average molecular weight is 250 g/mol. The Balaban J connectivity index is 2.64. The fourth-order valence-electron chi connectivity index (χ4n) is 1.47. The molecule has 0 radical (unpaired) electrons. The second-order valence-corrected chi connectivity index (χ2v) is 4.70. The highest BCUT2D eigenvalue weighted by Crippen LogP contribution is 2.14. The van der Waals surface area contributed by atoms with Crippen LogP contribution in [0.15, 0.2) is 24.3 Å². The van der Waals surface area contributed by atoms with Crippen LogP contribution < -0.4 is 10.6 Å². The van der Waals surface area contributed by atoms with E-state index in [1.54, 1.807) is 33.0 Å². The highest BCUT2D eigenvalue weighted by atomic mass is 16.3. The monoisotopic (exact) mass is 250 g/mol. The van der Waals surface area contributed by atoms with Gasteiger partial charge < -0.3 is 15.7 Å². The molecule has 0 atom stereocenters. The van der Waals surface area contributed by atoms with Crippen LogP contribution in [0, 0.1) is 5.41 Å². The highest BCUT2D eigenvalue weighted by molar-refractivity contribution is 5.95. The van der Waals surface area contributed by atoms with Crippen molar-refractivity contribution in [1.82, 2.24) is 10.6 Å². The Hall–Kier alpha value is -2.04. The van der Waals surface area contributed by atoms with Gasteiger partial charge in [0.2, 0.25) is 5.91 Å². The van der Waals surface area contributed by atoms with Crippen LogP contribution in [0.1, 0.15) is 24.2 Å². The van der Waals surface area contributed by atoms with E-state index in [0.29, 0.717) is 5.56 Å². The third-order valence-corrected chi connectivity index (χ3v) is 2.64. The standard InChI is InChI=1S/C13H18N2O3/c1-13(2,12(18)14-3)8-15-11(17)9-5-4-6-10(16)7-9/h4-7,16H,8H2,1-3H3,(H,14,18)(H,15,17). The van der Waals surface area contributed by atoms with Gasteiger partial charge in [0, 0.05) is 19.2 Å². The minimum Gasteiger partial charge on any atom is -0.508 e. The van der Waals surface area contributed by atoms with E-state index < -0.39 is 5.41 Å². The Morgan fingerprint density at radius 2 is 2.00 bits per heavy atom. The summed E-state index contributed by atoms with van der Waals surface area (Å²) >= 11 is 0. The fraction of sp³-hybridized carbons (Fsp3) is 0.385. The summed E-state index contributed by atoms with van der Waals surface area (Å²) in [5, 5.41) is 14.5. The first-order valence-electron chi connectivity index (χ1n) is 5.66. The van der Waals surface area contributed by atoms with Crippen molar-refractivity contribution in [2.24, 2.45) is 5.41 Å². The van der Waals surface area contributed by atoms with E-state index in [-0.39, 0.29) is 24.1 Å². The molecule has 0 saturated carbocycles. The molecule has 1 rings (SSSR count). The molecular weight excluding hydrogens is 232 g/mol. The Morgan fingerprint density at radius 1 is 1.33 bits per heavy atom. The largest absolute Gasteiger partial charge is 0.508 e. The van der Waals surface area contributed by atoms with Gasteiger partial charge in [-0.25, -0.2) is 0 Å². The second kappa shape index (κ2) is 5.53. The summed E-state index contributed by atoms with van der Waals surface area (Å²) in [6, 6.07) is 6.06. The van der Waals surface area contributed by atoms with E-state index in [1.807, 2.05) is 0 Å². The average Bonchev–Trinajstić information content (AvgIpc) is 2.35. The van der Waals surface area contributed by atoms with Crippen LogP contribution in [-0.4, -0.2) is 30.5 Å². The quantitative estimate of drug-likeness (QED) is 0.742. The van der Waals surface area contributed by atoms with Gasteiger partial charge >= 0.3 is 0 Å². The molecule has 0 spiro atoms. The van der Waals surface area contributed by atoms with E-state index >= 15 is 0 Å². The summed E-state index contributed by atoms with van der Waals surface area (Å²) in [4.78, 5) is 23.3. The predicted molar refractivity (Wildman–Crippen MR) is 68.3 cm³/mol. The van der Waals surface area contributed by atoms with Crippen LogP contribution >= 0.6 is 0 Å². The zero-order valence-corrected chi connectivity index (χ0v) is 10.8. The first-order chi connectivity index (χ1) is 8.36. The fourth-order valence-corrected chi connectivity index (χ4v) is 1.47. The molecule has 0 saturated heterocycles. The van der Waals surface area contributed by atoms with Gasteiger partial charge in [0.1, 0.15) is 5.75 Å². The predicted octanol–water partition coefficient (Wildman–Crippen LogP) is 0.894. The maximum Gasteiger partial charge on any atom is 0.251 e. The zero-order valence-electron chi connectivity index (χ0n) is 10.8. The molecule has 18 heavy (non-hydrogen) atoms. The van der Waals surface area contributed by atoms with E-state index in [2.05, 4.69) is 10.6 Å². The summed E-state index contributed by atoms with van der Waals surface area (Å²) in [6.45, 7) is 3.71. The number of phenolic OH excluding ortho intramolecular Hbond substituents is 1. The molecule has 2 amide bonds. The van der Waals surface area contributed by atoms with Crippen molar-refractivity contribution < 1.29 is 14.7 Å². The Morgan fingerprint density at radius 3 is 2.56 bits per heavy atom. The van der Waals surface area contributed by atoms with Gasteiger partial charge in [-0.15, -0.1) is 0 Å². The molecule has 98 valence electrons. The number of hydrogen-bond acceptors (Lipinski definition) is 3. The van der Waals surface area contributed by atoms with Crippen molar-refractivity contribution in [3.63, 3.8) is 0 Å². The third-order valence-electron chi connectivity index (χ3n) is 2.64. The molecule has 1 aromatic carbocycles. The normalized spacial score (nSPS) is 10.8.